The van der Waals surface area contributed by atoms with E-state index in [1.165, 1.54) is 0 Å². The molecule has 0 radical (unpaired) electrons. The third-order valence-electron chi connectivity index (χ3n) is 2.95. The summed E-state index contributed by atoms with van der Waals surface area (Å²) >= 11 is 0. The van der Waals surface area contributed by atoms with Gasteiger partial charge in [0.15, 0.2) is 11.6 Å². The summed E-state index contributed by atoms with van der Waals surface area (Å²) in [5, 5.41) is 27.9. The maximum absolute atomic E-state index is 12.2. The summed E-state index contributed by atoms with van der Waals surface area (Å²) in [6, 6.07) is -1.29. The lowest BCUT2D eigenvalue weighted by Crippen LogP contribution is -2.38. The Balaban J connectivity index is 2.10. The number of aliphatic carboxylic acids is 1. The zero-order valence-corrected chi connectivity index (χ0v) is 13.6. The molecule has 0 saturated carbocycles. The predicted octanol–water partition coefficient (Wildman–Crippen LogP) is 0.146. The summed E-state index contributed by atoms with van der Waals surface area (Å²) in [4.78, 5) is 32.4. The van der Waals surface area contributed by atoms with Gasteiger partial charge in [-0.3, -0.25) is 0 Å². The van der Waals surface area contributed by atoms with E-state index in [-0.39, 0.29) is 26.0 Å². The van der Waals surface area contributed by atoms with Crippen molar-refractivity contribution < 1.29 is 28.6 Å². The van der Waals surface area contributed by atoms with E-state index >= 15 is 0 Å². The lowest BCUT2D eigenvalue weighted by atomic mass is 10.1. The average Bonchev–Trinajstić information content (AvgIpc) is 2.54. The SMILES string of the molecule is Cc1nnc(CCOC(=O)NCCCCC(NC(=O)F)C(=O)O)nn1. The second-order valence-electron chi connectivity index (χ2n) is 4.98. The number of nitrogens with one attached hydrogen (secondary N) is 2. The number of aromatic nitrogens is 4. The molecule has 11 nitrogen and oxygen atoms in total. The van der Waals surface area contributed by atoms with Crippen molar-refractivity contribution in [1.82, 2.24) is 31.0 Å². The fraction of sp³-hybridized carbons (Fsp3) is 0.615. The molecule has 0 aromatic carbocycles. The molecule has 1 aromatic rings. The van der Waals surface area contributed by atoms with Crippen LogP contribution >= 0.6 is 0 Å². The van der Waals surface area contributed by atoms with Crippen molar-refractivity contribution >= 4 is 18.2 Å². The molecule has 0 spiro atoms. The third kappa shape index (κ3) is 9.07. The quantitative estimate of drug-likeness (QED) is 0.301. The number of hydrogen-bond donors (Lipinski definition) is 3. The van der Waals surface area contributed by atoms with Crippen molar-refractivity contribution in [2.75, 3.05) is 13.2 Å². The number of carboxylic acids is 1. The van der Waals surface area contributed by atoms with Crippen LogP contribution in [0.15, 0.2) is 0 Å². The lowest BCUT2D eigenvalue weighted by Gasteiger charge is -2.11. The molecule has 0 aliphatic carbocycles. The summed E-state index contributed by atoms with van der Waals surface area (Å²) in [5.74, 6) is -0.521. The number of halogens is 1. The molecule has 0 fully saturated rings. The molecule has 2 amide bonds. The monoisotopic (exact) mass is 358 g/mol. The van der Waals surface area contributed by atoms with Crippen LogP contribution in [0.2, 0.25) is 0 Å². The standard InChI is InChI=1S/C13H19FN6O5/c1-8-17-19-10(20-18-8)5-7-25-13(24)15-6-3-2-4-9(11(21)22)16-12(14)23/h9H,2-7H2,1H3,(H,15,24)(H,16,23)(H,21,22). The number of rotatable bonds is 10. The Bertz CT molecular complexity index is 585. The van der Waals surface area contributed by atoms with Gasteiger partial charge in [0.05, 0.1) is 0 Å². The van der Waals surface area contributed by atoms with Gasteiger partial charge in [-0.2, -0.15) is 0 Å². The lowest BCUT2D eigenvalue weighted by molar-refractivity contribution is -0.139. The van der Waals surface area contributed by atoms with Crippen molar-refractivity contribution in [3.8, 4) is 0 Å². The molecule has 12 heteroatoms. The zero-order valence-electron chi connectivity index (χ0n) is 13.6. The van der Waals surface area contributed by atoms with Crippen LogP contribution in [0.4, 0.5) is 14.0 Å². The van der Waals surface area contributed by atoms with Crippen LogP contribution < -0.4 is 10.6 Å². The molecule has 0 bridgehead atoms. The number of hydrogen-bond acceptors (Lipinski definition) is 8. The van der Waals surface area contributed by atoms with E-state index in [0.29, 0.717) is 24.5 Å². The first-order chi connectivity index (χ1) is 11.9. The van der Waals surface area contributed by atoms with E-state index in [0.717, 1.165) is 0 Å². The van der Waals surface area contributed by atoms with E-state index < -0.39 is 24.3 Å². The summed E-state index contributed by atoms with van der Waals surface area (Å²) in [5.41, 5.74) is 0. The first-order valence-electron chi connectivity index (χ1n) is 7.50. The molecule has 0 aliphatic rings. The highest BCUT2D eigenvalue weighted by Gasteiger charge is 2.18. The fourth-order valence-electron chi connectivity index (χ4n) is 1.74. The van der Waals surface area contributed by atoms with Crippen molar-refractivity contribution in [3.63, 3.8) is 0 Å². The number of carbonyl (C=O) groups is 3. The van der Waals surface area contributed by atoms with Gasteiger partial charge in [-0.1, -0.05) is 0 Å². The molecule has 1 rings (SSSR count). The van der Waals surface area contributed by atoms with Crippen LogP contribution in [0.1, 0.15) is 30.9 Å². The molecule has 3 N–H and O–H groups in total. The molecule has 1 atom stereocenters. The Kier molecular flexibility index (Phi) is 8.68. The number of ether oxygens (including phenoxy) is 1. The number of unbranched alkanes of at least 4 members (excludes halogenated alkanes) is 1. The van der Waals surface area contributed by atoms with E-state index in [1.807, 2.05) is 0 Å². The Labute approximate surface area is 142 Å². The maximum Gasteiger partial charge on any atom is 0.407 e. The van der Waals surface area contributed by atoms with Crippen LogP contribution in [0, 0.1) is 6.92 Å². The van der Waals surface area contributed by atoms with Crippen molar-refractivity contribution in [1.29, 1.82) is 0 Å². The van der Waals surface area contributed by atoms with Gasteiger partial charge in [-0.05, 0) is 26.2 Å². The average molecular weight is 358 g/mol. The number of alkyl carbamates (subject to hydrolysis) is 1. The predicted molar refractivity (Wildman–Crippen MR) is 80.3 cm³/mol. The molecule has 25 heavy (non-hydrogen) atoms. The van der Waals surface area contributed by atoms with E-state index in [1.54, 1.807) is 12.2 Å². The first kappa shape index (κ1) is 20.1. The largest absolute Gasteiger partial charge is 0.480 e. The number of nitrogens with zero attached hydrogens (tertiary/aromatic N) is 4. The van der Waals surface area contributed by atoms with Gasteiger partial charge in [0.2, 0.25) is 0 Å². The number of aryl methyl sites for hydroxylation is 1. The highest BCUT2D eigenvalue weighted by Crippen LogP contribution is 2.01. The van der Waals surface area contributed by atoms with Gasteiger partial charge in [0, 0.05) is 13.0 Å². The van der Waals surface area contributed by atoms with Crippen molar-refractivity contribution in [2.45, 2.75) is 38.6 Å². The molecule has 1 aromatic heterocycles. The van der Waals surface area contributed by atoms with Crippen LogP contribution in [-0.2, 0) is 16.0 Å². The van der Waals surface area contributed by atoms with E-state index in [4.69, 9.17) is 9.84 Å². The number of carboxylic acid groups (broad SMARTS) is 1. The molecule has 0 saturated heterocycles. The van der Waals surface area contributed by atoms with E-state index in [9.17, 15) is 18.8 Å². The minimum Gasteiger partial charge on any atom is -0.480 e. The van der Waals surface area contributed by atoms with Crippen molar-refractivity contribution in [2.24, 2.45) is 0 Å². The number of amides is 2. The van der Waals surface area contributed by atoms with Crippen LogP contribution in [-0.4, -0.2) is 62.9 Å². The van der Waals surface area contributed by atoms with Gasteiger partial charge in [0.1, 0.15) is 12.6 Å². The third-order valence-corrected chi connectivity index (χ3v) is 2.95. The summed E-state index contributed by atoms with van der Waals surface area (Å²) in [6.45, 7) is 1.96. The minimum atomic E-state index is -1.89. The van der Waals surface area contributed by atoms with Crippen LogP contribution in [0.3, 0.4) is 0 Å². The van der Waals surface area contributed by atoms with Gasteiger partial charge >= 0.3 is 18.2 Å². The van der Waals surface area contributed by atoms with Gasteiger partial charge in [-0.25, -0.2) is 14.4 Å². The van der Waals surface area contributed by atoms with Gasteiger partial charge in [-0.15, -0.1) is 24.8 Å². The summed E-state index contributed by atoms with van der Waals surface area (Å²) < 4.78 is 17.1. The normalized spacial score (nSPS) is 11.4. The Morgan fingerprint density at radius 3 is 2.48 bits per heavy atom. The van der Waals surface area contributed by atoms with Crippen molar-refractivity contribution in [3.05, 3.63) is 11.6 Å². The molecule has 138 valence electrons. The Morgan fingerprint density at radius 1 is 1.20 bits per heavy atom. The highest BCUT2D eigenvalue weighted by molar-refractivity contribution is 5.79. The van der Waals surface area contributed by atoms with Crippen LogP contribution in [0.5, 0.6) is 0 Å². The number of carbonyl (C=O) groups excluding carboxylic acids is 2. The fourth-order valence-corrected chi connectivity index (χ4v) is 1.74. The van der Waals surface area contributed by atoms with Crippen LogP contribution in [0.25, 0.3) is 0 Å². The highest BCUT2D eigenvalue weighted by atomic mass is 19.1. The molecule has 1 heterocycles. The Morgan fingerprint density at radius 2 is 1.88 bits per heavy atom. The zero-order chi connectivity index (χ0) is 18.7. The van der Waals surface area contributed by atoms with E-state index in [2.05, 4.69) is 25.7 Å². The second kappa shape index (κ2) is 10.8. The molecule has 1 unspecified atom stereocenters. The molecular weight excluding hydrogens is 339 g/mol. The molecule has 0 aliphatic heterocycles. The summed E-state index contributed by atoms with van der Waals surface area (Å²) in [7, 11) is 0. The van der Waals surface area contributed by atoms with Gasteiger partial charge in [0.25, 0.3) is 0 Å². The first-order valence-corrected chi connectivity index (χ1v) is 7.50. The maximum atomic E-state index is 12.2. The topological polar surface area (TPSA) is 156 Å². The van der Waals surface area contributed by atoms with Gasteiger partial charge < -0.3 is 20.5 Å². The second-order valence-corrected chi connectivity index (χ2v) is 4.98. The summed E-state index contributed by atoms with van der Waals surface area (Å²) in [6.07, 6.45) is -1.40. The Hall–Kier alpha value is -2.92. The minimum absolute atomic E-state index is 0.0481. The molecular formula is C13H19FN6O5. The smallest absolute Gasteiger partial charge is 0.407 e.